The van der Waals surface area contributed by atoms with Crippen molar-refractivity contribution in [1.29, 1.82) is 0 Å². The normalized spacial score (nSPS) is 16.2. The lowest BCUT2D eigenvalue weighted by atomic mass is 10.3. The van der Waals surface area contributed by atoms with Crippen molar-refractivity contribution in [3.05, 3.63) is 46.2 Å². The first-order valence-corrected chi connectivity index (χ1v) is 10.5. The first-order chi connectivity index (χ1) is 13.5. The van der Waals surface area contributed by atoms with E-state index in [1.54, 1.807) is 0 Å². The Hall–Kier alpha value is -1.82. The minimum Gasteiger partial charge on any atom is -0.338 e. The fourth-order valence-electron chi connectivity index (χ4n) is 2.80. The number of amides is 1. The van der Waals surface area contributed by atoms with E-state index in [0.717, 1.165) is 16.9 Å². The number of nitrogens with zero attached hydrogens (tertiary/aromatic N) is 4. The van der Waals surface area contributed by atoms with Gasteiger partial charge in [-0.05, 0) is 24.3 Å². The molecule has 1 fully saturated rings. The Bertz CT molecular complexity index is 1020. The van der Waals surface area contributed by atoms with Crippen molar-refractivity contribution in [3.8, 4) is 0 Å². The van der Waals surface area contributed by atoms with Crippen LogP contribution in [0.5, 0.6) is 0 Å². The zero-order valence-electron chi connectivity index (χ0n) is 14.7. The second kappa shape index (κ2) is 8.13. The molecule has 0 aliphatic carbocycles. The monoisotopic (exact) mass is 470 g/mol. The summed E-state index contributed by atoms with van der Waals surface area (Å²) in [6.45, 7) is -0.0718. The molecular formula is C16H15Cl2F3N4O3S. The van der Waals surface area contributed by atoms with E-state index in [1.165, 1.54) is 27.4 Å². The highest BCUT2D eigenvalue weighted by atomic mass is 35.5. The molecule has 1 aromatic heterocycles. The van der Waals surface area contributed by atoms with Gasteiger partial charge in [-0.2, -0.15) is 22.6 Å². The fraction of sp³-hybridized carbons (Fsp3) is 0.375. The Morgan fingerprint density at radius 1 is 1.07 bits per heavy atom. The fourth-order valence-corrected chi connectivity index (χ4v) is 4.62. The Morgan fingerprint density at radius 2 is 1.72 bits per heavy atom. The molecule has 1 aromatic carbocycles. The highest BCUT2D eigenvalue weighted by molar-refractivity contribution is 7.89. The van der Waals surface area contributed by atoms with Crippen LogP contribution < -0.4 is 0 Å². The van der Waals surface area contributed by atoms with Gasteiger partial charge < -0.3 is 4.90 Å². The summed E-state index contributed by atoms with van der Waals surface area (Å²) in [7, 11) is -3.81. The van der Waals surface area contributed by atoms with Gasteiger partial charge in [0, 0.05) is 32.4 Å². The largest absolute Gasteiger partial charge is 0.435 e. The van der Waals surface area contributed by atoms with Gasteiger partial charge in [0.15, 0.2) is 5.69 Å². The van der Waals surface area contributed by atoms with E-state index in [9.17, 15) is 26.4 Å². The average molecular weight is 471 g/mol. The van der Waals surface area contributed by atoms with Crippen molar-refractivity contribution in [2.24, 2.45) is 0 Å². The molecule has 3 rings (SSSR count). The lowest BCUT2D eigenvalue weighted by Crippen LogP contribution is -2.51. The first kappa shape index (κ1) is 21.9. The predicted molar refractivity (Wildman–Crippen MR) is 99.0 cm³/mol. The quantitative estimate of drug-likeness (QED) is 0.688. The third-order valence-electron chi connectivity index (χ3n) is 4.35. The third kappa shape index (κ3) is 4.85. The second-order valence-corrected chi connectivity index (χ2v) is 9.01. The number of hydrogen-bond donors (Lipinski definition) is 0. The van der Waals surface area contributed by atoms with Gasteiger partial charge >= 0.3 is 6.18 Å². The number of carbonyl (C=O) groups is 1. The molecule has 0 atom stereocenters. The van der Waals surface area contributed by atoms with Crippen LogP contribution in [0.2, 0.25) is 10.0 Å². The van der Waals surface area contributed by atoms with E-state index >= 15 is 0 Å². The van der Waals surface area contributed by atoms with Crippen LogP contribution in [0.4, 0.5) is 13.2 Å². The molecule has 1 saturated heterocycles. The summed E-state index contributed by atoms with van der Waals surface area (Å²) in [5, 5.41) is 3.68. The van der Waals surface area contributed by atoms with Gasteiger partial charge in [-0.15, -0.1) is 0 Å². The van der Waals surface area contributed by atoms with Crippen LogP contribution >= 0.6 is 23.2 Å². The maximum absolute atomic E-state index is 12.7. The van der Waals surface area contributed by atoms with Gasteiger partial charge in [0.25, 0.3) is 0 Å². The zero-order chi connectivity index (χ0) is 21.4. The van der Waals surface area contributed by atoms with Crippen molar-refractivity contribution in [1.82, 2.24) is 19.0 Å². The number of piperazine rings is 1. The summed E-state index contributed by atoms with van der Waals surface area (Å²) in [6.07, 6.45) is -3.51. The van der Waals surface area contributed by atoms with Crippen LogP contribution in [-0.2, 0) is 27.5 Å². The lowest BCUT2D eigenvalue weighted by Gasteiger charge is -2.34. The van der Waals surface area contributed by atoms with Gasteiger partial charge in [-0.3, -0.25) is 9.48 Å². The SMILES string of the molecule is O=C(Cn1ccc(C(F)(F)F)n1)N1CCN(S(=O)(=O)c2ccc(Cl)c(Cl)c2)CC1. The number of alkyl halides is 3. The van der Waals surface area contributed by atoms with Crippen molar-refractivity contribution < 1.29 is 26.4 Å². The molecule has 13 heteroatoms. The number of rotatable bonds is 4. The third-order valence-corrected chi connectivity index (χ3v) is 6.98. The number of halogens is 5. The molecule has 1 aliphatic rings. The second-order valence-electron chi connectivity index (χ2n) is 6.26. The molecule has 158 valence electrons. The Morgan fingerprint density at radius 3 is 2.28 bits per heavy atom. The highest BCUT2D eigenvalue weighted by Crippen LogP contribution is 2.28. The number of carbonyl (C=O) groups excluding carboxylic acids is 1. The van der Waals surface area contributed by atoms with Crippen LogP contribution in [0.25, 0.3) is 0 Å². The van der Waals surface area contributed by atoms with Gasteiger partial charge in [-0.1, -0.05) is 23.2 Å². The van der Waals surface area contributed by atoms with Crippen molar-refractivity contribution in [3.63, 3.8) is 0 Å². The number of hydrogen-bond acceptors (Lipinski definition) is 4. The van der Waals surface area contributed by atoms with Crippen LogP contribution in [0.1, 0.15) is 5.69 Å². The molecule has 2 heterocycles. The molecule has 1 amide bonds. The maximum atomic E-state index is 12.7. The maximum Gasteiger partial charge on any atom is 0.435 e. The van der Waals surface area contributed by atoms with Gasteiger partial charge in [0.2, 0.25) is 15.9 Å². The molecule has 1 aliphatic heterocycles. The summed E-state index contributed by atoms with van der Waals surface area (Å²) in [5.41, 5.74) is -1.08. The summed E-state index contributed by atoms with van der Waals surface area (Å²) in [5.74, 6) is -0.451. The van der Waals surface area contributed by atoms with Crippen LogP contribution in [0.15, 0.2) is 35.4 Å². The zero-order valence-corrected chi connectivity index (χ0v) is 17.1. The number of aromatic nitrogens is 2. The van der Waals surface area contributed by atoms with E-state index in [1.807, 2.05) is 0 Å². The average Bonchev–Trinajstić information content (AvgIpc) is 3.13. The number of benzene rings is 1. The van der Waals surface area contributed by atoms with Crippen molar-refractivity contribution in [2.75, 3.05) is 26.2 Å². The first-order valence-electron chi connectivity index (χ1n) is 8.32. The summed E-state index contributed by atoms with van der Waals surface area (Å²) >= 11 is 11.7. The van der Waals surface area contributed by atoms with E-state index in [4.69, 9.17) is 23.2 Å². The molecule has 7 nitrogen and oxygen atoms in total. The van der Waals surface area contributed by atoms with Crippen molar-refractivity contribution in [2.45, 2.75) is 17.6 Å². The highest BCUT2D eigenvalue weighted by Gasteiger charge is 2.34. The van der Waals surface area contributed by atoms with Gasteiger partial charge in [-0.25, -0.2) is 8.42 Å². The number of sulfonamides is 1. The Labute approximate surface area is 174 Å². The van der Waals surface area contributed by atoms with Crippen LogP contribution in [0, 0.1) is 0 Å². The van der Waals surface area contributed by atoms with E-state index < -0.39 is 27.8 Å². The van der Waals surface area contributed by atoms with Gasteiger partial charge in [0.1, 0.15) is 6.54 Å². The Kier molecular flexibility index (Phi) is 6.13. The smallest absolute Gasteiger partial charge is 0.338 e. The van der Waals surface area contributed by atoms with Crippen LogP contribution in [-0.4, -0.2) is 59.5 Å². The topological polar surface area (TPSA) is 75.5 Å². The van der Waals surface area contributed by atoms with Crippen molar-refractivity contribution >= 4 is 39.1 Å². The molecular weight excluding hydrogens is 456 g/mol. The summed E-state index contributed by atoms with van der Waals surface area (Å²) in [4.78, 5) is 13.7. The molecule has 0 unspecified atom stereocenters. The predicted octanol–water partition coefficient (Wildman–Crippen LogP) is 2.74. The molecule has 0 saturated carbocycles. The minimum atomic E-state index is -4.58. The molecule has 0 bridgehead atoms. The van der Waals surface area contributed by atoms with E-state index in [2.05, 4.69) is 5.10 Å². The molecule has 2 aromatic rings. The summed E-state index contributed by atoms with van der Waals surface area (Å²) in [6, 6.07) is 4.77. The minimum absolute atomic E-state index is 0.0112. The molecule has 0 spiro atoms. The molecule has 0 radical (unpaired) electrons. The van der Waals surface area contributed by atoms with E-state index in [-0.39, 0.29) is 47.7 Å². The summed E-state index contributed by atoms with van der Waals surface area (Å²) < 4.78 is 65.3. The lowest BCUT2D eigenvalue weighted by molar-refractivity contribution is -0.142. The van der Waals surface area contributed by atoms with Crippen LogP contribution in [0.3, 0.4) is 0 Å². The molecule has 0 N–H and O–H groups in total. The standard InChI is InChI=1S/C16H15Cl2F3N4O3S/c17-12-2-1-11(9-13(12)18)29(27,28)25-7-5-23(6-8-25)15(26)10-24-4-3-14(22-24)16(19,20)21/h1-4,9H,5-8,10H2. The van der Waals surface area contributed by atoms with E-state index in [0.29, 0.717) is 0 Å². The molecule has 29 heavy (non-hydrogen) atoms. The Balaban J connectivity index is 1.61. The van der Waals surface area contributed by atoms with Gasteiger partial charge in [0.05, 0.1) is 14.9 Å².